The Hall–Kier alpha value is -0.230. The first-order valence-corrected chi connectivity index (χ1v) is 5.87. The van der Waals surface area contributed by atoms with Crippen LogP contribution in [0.25, 0.3) is 0 Å². The lowest BCUT2D eigenvalue weighted by Crippen LogP contribution is -1.95. The van der Waals surface area contributed by atoms with Gasteiger partial charge in [-0.3, -0.25) is 0 Å². The second-order valence-corrected chi connectivity index (χ2v) is 4.00. The zero-order chi connectivity index (χ0) is 9.36. The first kappa shape index (κ1) is 10.8. The molecule has 1 rings (SSSR count). The minimum absolute atomic E-state index is 0.598. The fourth-order valence-electron chi connectivity index (χ4n) is 0.607. The fourth-order valence-corrected chi connectivity index (χ4v) is 1.95. The van der Waals surface area contributed by atoms with Crippen molar-refractivity contribution >= 4 is 21.9 Å². The van der Waals surface area contributed by atoms with E-state index in [0.717, 1.165) is 5.03 Å². The van der Waals surface area contributed by atoms with E-state index in [1.165, 1.54) is 21.9 Å². The summed E-state index contributed by atoms with van der Waals surface area (Å²) in [6, 6.07) is 5.78. The van der Waals surface area contributed by atoms with Crippen LogP contribution in [0.3, 0.4) is 0 Å². The summed E-state index contributed by atoms with van der Waals surface area (Å²) in [6.07, 6.45) is 1.76. The number of hydrogen-bond donors (Lipinski definition) is 0. The molecule has 0 spiro atoms. The number of ether oxygens (including phenoxy) is 1. The molecule has 1 aromatic rings. The molecule has 0 aliphatic carbocycles. The first-order valence-electron chi connectivity index (χ1n) is 3.79. The van der Waals surface area contributed by atoms with E-state index in [-0.39, 0.29) is 0 Å². The summed E-state index contributed by atoms with van der Waals surface area (Å²) in [4.78, 5) is 4.13. The average molecular weight is 217 g/mol. The molecule has 0 saturated heterocycles. The molecule has 3 nitrogen and oxygen atoms in total. The van der Waals surface area contributed by atoms with Crippen LogP contribution in [0.4, 0.5) is 0 Å². The Morgan fingerprint density at radius 1 is 1.38 bits per heavy atom. The monoisotopic (exact) mass is 217 g/mol. The molecule has 0 aliphatic rings. The maximum Gasteiger partial charge on any atom is 0.109 e. The third kappa shape index (κ3) is 5.15. The SMILES string of the molecule is COCCOSSc1ccccn1. The minimum Gasteiger partial charge on any atom is -0.382 e. The maximum atomic E-state index is 5.19. The van der Waals surface area contributed by atoms with E-state index in [0.29, 0.717) is 13.2 Å². The second kappa shape index (κ2) is 7.20. The normalized spacial score (nSPS) is 10.2. The topological polar surface area (TPSA) is 31.4 Å². The highest BCUT2D eigenvalue weighted by Gasteiger charge is 1.94. The van der Waals surface area contributed by atoms with Gasteiger partial charge in [0.25, 0.3) is 0 Å². The standard InChI is InChI=1S/C8H11NO2S2/c1-10-6-7-11-13-12-8-4-2-3-5-9-8/h2-5H,6-7H2,1H3. The summed E-state index contributed by atoms with van der Waals surface area (Å²) in [5.74, 6) is 0. The van der Waals surface area contributed by atoms with E-state index in [2.05, 4.69) is 4.98 Å². The van der Waals surface area contributed by atoms with E-state index < -0.39 is 0 Å². The number of hydrogen-bond acceptors (Lipinski definition) is 5. The Balaban J connectivity index is 2.07. The third-order valence-corrected chi connectivity index (χ3v) is 2.92. The van der Waals surface area contributed by atoms with Crippen LogP contribution in [0.5, 0.6) is 0 Å². The van der Waals surface area contributed by atoms with Crippen LogP contribution >= 0.6 is 21.9 Å². The van der Waals surface area contributed by atoms with Gasteiger partial charge in [0.1, 0.15) is 5.03 Å². The van der Waals surface area contributed by atoms with Gasteiger partial charge in [-0.25, -0.2) is 4.98 Å². The van der Waals surface area contributed by atoms with Crippen molar-refractivity contribution in [1.82, 2.24) is 4.98 Å². The molecule has 72 valence electrons. The Kier molecular flexibility index (Phi) is 6.01. The lowest BCUT2D eigenvalue weighted by Gasteiger charge is -1.99. The second-order valence-electron chi connectivity index (χ2n) is 2.13. The molecule has 0 aromatic carbocycles. The van der Waals surface area contributed by atoms with E-state index in [4.69, 9.17) is 8.92 Å². The van der Waals surface area contributed by atoms with Gasteiger partial charge in [-0.1, -0.05) is 6.07 Å². The number of pyridine rings is 1. The molecule has 0 aliphatic heterocycles. The molecule has 0 fully saturated rings. The highest BCUT2D eigenvalue weighted by atomic mass is 33.1. The van der Waals surface area contributed by atoms with Crippen molar-refractivity contribution in [2.24, 2.45) is 0 Å². The number of aromatic nitrogens is 1. The molecule has 0 saturated carbocycles. The average Bonchev–Trinajstić information content (AvgIpc) is 2.19. The Morgan fingerprint density at radius 2 is 2.31 bits per heavy atom. The molecule has 0 radical (unpaired) electrons. The minimum atomic E-state index is 0.598. The van der Waals surface area contributed by atoms with Gasteiger partial charge in [-0.2, -0.15) is 0 Å². The summed E-state index contributed by atoms with van der Waals surface area (Å²) >= 11 is 1.32. The smallest absolute Gasteiger partial charge is 0.109 e. The van der Waals surface area contributed by atoms with E-state index in [1.54, 1.807) is 13.3 Å². The molecule has 0 amide bonds. The quantitative estimate of drug-likeness (QED) is 0.415. The summed E-state index contributed by atoms with van der Waals surface area (Å²) < 4.78 is 10.0. The molecule has 0 N–H and O–H groups in total. The van der Waals surface area contributed by atoms with Crippen LogP contribution < -0.4 is 0 Å². The molecular formula is C8H11NO2S2. The molecule has 13 heavy (non-hydrogen) atoms. The summed E-state index contributed by atoms with van der Waals surface area (Å²) in [5.41, 5.74) is 0. The lowest BCUT2D eigenvalue weighted by atomic mass is 10.5. The van der Waals surface area contributed by atoms with Crippen LogP contribution in [-0.4, -0.2) is 25.3 Å². The van der Waals surface area contributed by atoms with Gasteiger partial charge in [-0.15, -0.1) is 0 Å². The van der Waals surface area contributed by atoms with Gasteiger partial charge in [-0.05, 0) is 22.9 Å². The van der Waals surface area contributed by atoms with Gasteiger partial charge in [0.05, 0.1) is 24.3 Å². The first-order chi connectivity index (χ1) is 6.43. The van der Waals surface area contributed by atoms with E-state index in [9.17, 15) is 0 Å². The Bertz CT molecular complexity index is 221. The van der Waals surface area contributed by atoms with Crippen LogP contribution in [0, 0.1) is 0 Å². The lowest BCUT2D eigenvalue weighted by molar-refractivity contribution is 0.158. The highest BCUT2D eigenvalue weighted by Crippen LogP contribution is 2.29. The molecular weight excluding hydrogens is 206 g/mol. The highest BCUT2D eigenvalue weighted by molar-refractivity contribution is 8.74. The van der Waals surface area contributed by atoms with Crippen molar-refractivity contribution < 1.29 is 8.92 Å². The molecule has 0 bridgehead atoms. The third-order valence-electron chi connectivity index (χ3n) is 1.18. The van der Waals surface area contributed by atoms with E-state index in [1.807, 2.05) is 18.2 Å². The molecule has 1 aromatic heterocycles. The number of nitrogens with zero attached hydrogens (tertiary/aromatic N) is 1. The van der Waals surface area contributed by atoms with Gasteiger partial charge in [0.15, 0.2) is 0 Å². The predicted octanol–water partition coefficient (Wildman–Crippen LogP) is 2.40. The Labute approximate surface area is 85.8 Å². The van der Waals surface area contributed by atoms with Crippen molar-refractivity contribution in [2.75, 3.05) is 20.3 Å². The maximum absolute atomic E-state index is 5.19. The fraction of sp³-hybridized carbons (Fsp3) is 0.375. The molecule has 1 heterocycles. The molecule has 0 atom stereocenters. The van der Waals surface area contributed by atoms with Crippen LogP contribution in [0.1, 0.15) is 0 Å². The summed E-state index contributed by atoms with van der Waals surface area (Å²) in [7, 11) is 3.15. The van der Waals surface area contributed by atoms with Crippen LogP contribution in [-0.2, 0) is 8.92 Å². The van der Waals surface area contributed by atoms with Gasteiger partial charge < -0.3 is 8.92 Å². The van der Waals surface area contributed by atoms with Crippen molar-refractivity contribution in [3.05, 3.63) is 24.4 Å². The van der Waals surface area contributed by atoms with Gasteiger partial charge in [0.2, 0.25) is 0 Å². The summed E-state index contributed by atoms with van der Waals surface area (Å²) in [6.45, 7) is 1.22. The van der Waals surface area contributed by atoms with Crippen LogP contribution in [0.15, 0.2) is 29.4 Å². The zero-order valence-corrected chi connectivity index (χ0v) is 8.94. The van der Waals surface area contributed by atoms with E-state index >= 15 is 0 Å². The van der Waals surface area contributed by atoms with Crippen molar-refractivity contribution in [2.45, 2.75) is 5.03 Å². The number of rotatable bonds is 6. The van der Waals surface area contributed by atoms with Crippen molar-refractivity contribution in [1.29, 1.82) is 0 Å². The zero-order valence-electron chi connectivity index (χ0n) is 7.30. The largest absolute Gasteiger partial charge is 0.382 e. The van der Waals surface area contributed by atoms with Gasteiger partial charge >= 0.3 is 0 Å². The van der Waals surface area contributed by atoms with Crippen LogP contribution in [0.2, 0.25) is 0 Å². The van der Waals surface area contributed by atoms with Gasteiger partial charge in [0, 0.05) is 13.3 Å². The number of methoxy groups -OCH3 is 1. The summed E-state index contributed by atoms with van der Waals surface area (Å²) in [5, 5.41) is 0.949. The Morgan fingerprint density at radius 3 is 3.00 bits per heavy atom. The predicted molar refractivity (Wildman–Crippen MR) is 55.5 cm³/mol. The molecule has 0 unspecified atom stereocenters. The molecule has 5 heteroatoms. The van der Waals surface area contributed by atoms with Crippen molar-refractivity contribution in [3.8, 4) is 0 Å². The van der Waals surface area contributed by atoms with Crippen molar-refractivity contribution in [3.63, 3.8) is 0 Å².